The molecule has 15 atom stereocenters. The molecule has 16 amide bonds. The van der Waals surface area contributed by atoms with Gasteiger partial charge in [0.05, 0.1) is 37.2 Å². The first-order valence-corrected chi connectivity index (χ1v) is 45.1. The summed E-state index contributed by atoms with van der Waals surface area (Å²) in [5.74, 6) is -17.1. The van der Waals surface area contributed by atoms with Crippen molar-refractivity contribution in [3.05, 3.63) is 120 Å². The Morgan fingerprint density at radius 1 is 0.557 bits per heavy atom. The summed E-state index contributed by atoms with van der Waals surface area (Å²) in [6.45, 7) is 5.01. The molecule has 22 N–H and O–H groups in total. The van der Waals surface area contributed by atoms with Crippen molar-refractivity contribution < 1.29 is 96.8 Å². The summed E-state index contributed by atoms with van der Waals surface area (Å²) in [6.07, 6.45) is 3.70. The van der Waals surface area contributed by atoms with E-state index < -0.39 is 236 Å². The number of carbonyl (C=O) groups excluding carboxylic acids is 16. The molecule has 3 aromatic heterocycles. The molecule has 131 heavy (non-hydrogen) atoms. The minimum atomic E-state index is -1.82. The number of hydrogen-bond donors (Lipinski definition) is 19. The van der Waals surface area contributed by atoms with Gasteiger partial charge in [-0.3, -0.25) is 86.4 Å². The van der Waals surface area contributed by atoms with Gasteiger partial charge in [0.1, 0.15) is 78.3 Å². The fraction of sp³-hybridized carbons (Fsp3) is 0.523. The number of thioether (sulfide) groups is 1. The number of unbranched alkanes of at least 4 members (excludes halogenated alkanes) is 2. The number of H-pyrrole nitrogens is 3. The van der Waals surface area contributed by atoms with Crippen molar-refractivity contribution in [2.45, 2.75) is 228 Å². The number of aliphatic hydroxyl groups excluding tert-OH is 1. The highest BCUT2D eigenvalue weighted by molar-refractivity contribution is 8.00. The first kappa shape index (κ1) is 102. The maximum Gasteiger partial charge on any atom is 0.303 e. The maximum atomic E-state index is 15.7. The molecule has 0 radical (unpaired) electrons. The third kappa shape index (κ3) is 28.5. The van der Waals surface area contributed by atoms with E-state index in [2.05, 4.69) is 73.1 Å². The van der Waals surface area contributed by atoms with Gasteiger partial charge in [0.15, 0.2) is 0 Å². The smallest absolute Gasteiger partial charge is 0.303 e. The average molecular weight is 1840 g/mol. The Balaban J connectivity index is 1.08. The average Bonchev–Trinajstić information content (AvgIpc) is 1.36. The number of hydrogen-bond acceptors (Lipinski definition) is 23. The van der Waals surface area contributed by atoms with Gasteiger partial charge in [0.25, 0.3) is 0 Å². The van der Waals surface area contributed by atoms with Gasteiger partial charge in [-0.25, -0.2) is 4.98 Å². The van der Waals surface area contributed by atoms with Crippen molar-refractivity contribution in [2.75, 3.05) is 65.4 Å². The molecule has 3 fully saturated rings. The second-order valence-electron chi connectivity index (χ2n) is 33.5. The molecule has 3 aliphatic heterocycles. The number of aromatic amines is 3. The Hall–Kier alpha value is -13.0. The molecule has 0 bridgehead atoms. The molecule has 3 aliphatic rings. The van der Waals surface area contributed by atoms with Crippen molar-refractivity contribution >= 4 is 134 Å². The predicted octanol–water partition coefficient (Wildman–Crippen LogP) is -2.52. The third-order valence-electron chi connectivity index (χ3n) is 23.7. The van der Waals surface area contributed by atoms with Crippen LogP contribution < -0.4 is 70.4 Å². The van der Waals surface area contributed by atoms with Crippen LogP contribution in [-0.4, -0.2) is 316 Å². The number of carboxylic acids is 1. The van der Waals surface area contributed by atoms with Crippen LogP contribution >= 0.6 is 11.8 Å². The number of fused-ring (bicyclic) bond motifs is 4. The highest BCUT2D eigenvalue weighted by Gasteiger charge is 2.46. The van der Waals surface area contributed by atoms with E-state index in [1.807, 2.05) is 38.1 Å². The summed E-state index contributed by atoms with van der Waals surface area (Å²) in [4.78, 5) is 265. The van der Waals surface area contributed by atoms with Crippen LogP contribution in [0.25, 0.3) is 21.8 Å². The lowest BCUT2D eigenvalue weighted by Crippen LogP contribution is -2.61. The van der Waals surface area contributed by atoms with Gasteiger partial charge in [-0.1, -0.05) is 88.1 Å². The first-order valence-electron chi connectivity index (χ1n) is 43.9. The number of benzene rings is 3. The van der Waals surface area contributed by atoms with Crippen LogP contribution in [0.1, 0.15) is 134 Å². The number of para-hydroxylation sites is 2. The number of carboxylic acid groups (broad SMARTS) is 1. The molecule has 0 saturated carbocycles. The van der Waals surface area contributed by atoms with Crippen molar-refractivity contribution in [1.29, 1.82) is 0 Å². The van der Waals surface area contributed by atoms with Gasteiger partial charge in [-0.05, 0) is 107 Å². The molecule has 6 heterocycles. The largest absolute Gasteiger partial charge is 0.508 e. The number of aromatic hydroxyl groups is 1. The summed E-state index contributed by atoms with van der Waals surface area (Å²) in [5, 5.41) is 59.7. The molecular weight excluding hydrogens is 1720 g/mol. The number of aromatic nitrogens is 4. The second kappa shape index (κ2) is 48.6. The molecule has 0 unspecified atom stereocenters. The first-order chi connectivity index (χ1) is 62.5. The van der Waals surface area contributed by atoms with Crippen LogP contribution in [0.15, 0.2) is 97.7 Å². The number of primary amides is 2. The topological polar surface area (TPSA) is 626 Å². The normalized spacial score (nSPS) is 25.3. The number of nitrogens with zero attached hydrogens (tertiary/aromatic N) is 6. The number of nitrogens with one attached hydrogen (secondary N) is 13. The number of likely N-dealkylation sites (N-methyl/N-ethyl adjacent to an activating group) is 3. The van der Waals surface area contributed by atoms with Gasteiger partial charge >= 0.3 is 5.97 Å². The lowest BCUT2D eigenvalue weighted by molar-refractivity contribution is -0.145. The summed E-state index contributed by atoms with van der Waals surface area (Å²) in [5.41, 5.74) is 20.5. The van der Waals surface area contributed by atoms with Crippen LogP contribution in [0.3, 0.4) is 0 Å². The van der Waals surface area contributed by atoms with Crippen molar-refractivity contribution in [3.8, 4) is 5.75 Å². The van der Waals surface area contributed by atoms with Crippen LogP contribution in [0, 0.1) is 0 Å². The van der Waals surface area contributed by atoms with Gasteiger partial charge in [-0.2, -0.15) is 0 Å². The van der Waals surface area contributed by atoms with Crippen LogP contribution in [-0.2, 0) is 107 Å². The summed E-state index contributed by atoms with van der Waals surface area (Å²) in [7, 11) is 4.48. The monoisotopic (exact) mass is 1840 g/mol. The SMILES string of the molecule is CCCC[C@H]1CN(C)[C@@H](CCCC)C(=O)N[C@@H](C)C(=O)N[C@H](C(=O)NCC(N)=O)CSCC(=O)N[C@@H](Cc2ccc(O)cc2)C(=O)N(C)[C@@H](C)C(=O)N[C@@H](CC(N)=O)C(=O)N2CCC[C@H]2C(=O)N[C@@H](Cc2cnc[nH]2)C(=O)N[C@@H](CCC(=O)O)C(=O)N2C[C@H](O)C[C@H]2C(=O)N[C@@H](Cc2c[nH]c3ccccc23)C(=O)N[C@@H](CCN)C(=O)N[C@@H](Cc2c[nH]c3ccccc23)C(=O)N1C. The predicted molar refractivity (Wildman–Crippen MR) is 480 cm³/mol. The molecule has 43 heteroatoms. The highest BCUT2D eigenvalue weighted by atomic mass is 32.2. The molecule has 3 saturated heterocycles. The highest BCUT2D eigenvalue weighted by Crippen LogP contribution is 2.28. The van der Waals surface area contributed by atoms with Gasteiger partial charge < -0.3 is 120 Å². The number of amides is 16. The zero-order valence-corrected chi connectivity index (χ0v) is 75.3. The van der Waals surface area contributed by atoms with E-state index in [-0.39, 0.29) is 88.2 Å². The molecule has 9 rings (SSSR count). The Morgan fingerprint density at radius 2 is 1.12 bits per heavy atom. The summed E-state index contributed by atoms with van der Waals surface area (Å²) in [6, 6.07) is -0.368. The quantitative estimate of drug-likeness (QED) is 0.0297. The molecule has 42 nitrogen and oxygen atoms in total. The van der Waals surface area contributed by atoms with Crippen molar-refractivity contribution in [3.63, 3.8) is 0 Å². The Labute approximate surface area is 760 Å². The van der Waals surface area contributed by atoms with E-state index in [0.29, 0.717) is 59.7 Å². The fourth-order valence-corrected chi connectivity index (χ4v) is 17.2. The molecule has 3 aromatic carbocycles. The standard InChI is InChI=1S/C88H122N22O20S/c1-8-10-17-54-43-106(5)69(22-11-9-2)82(124)97-48(3)76(118)105-68(78(120)95-42-73(91)114)45-131-46-74(115)98-65(33-50-24-26-55(111)27-25-50)85(127)107(6)49(4)77(119)103-67(38-72(90)113)88(130)109-32-16-23-70(109)83(125)102-64(36-53-41-92-47-96-53)81(123)100-62(28-29-75(116)117)87(129)110-44-56(112)37-71(110)84(126)101-63(34-51-39-93-59-20-14-12-18-57(51)59)80(122)99-61(30-31-89)79(121)104-66(86(128)108(54)7)35-52-40-94-60-21-15-13-19-58(52)60/h12-15,18-21,24-27,39-41,47-49,54,56,61-71,93-94,111-112H,8-11,16-17,22-23,28-38,42-46,89H2,1-7H3,(H2,90,113)(H2,91,114)(H,92,96)(H,95,120)(H,97,124)(H,98,115)(H,99,122)(H,100,123)(H,101,126)(H,102,125)(H,103,119)(H,104,121)(H,105,118)(H,116,117)/t48-,49-,54-,56+,61-,62-,63-,64-,65-,66-,67-,68-,69-,70-,71-/m0/s1. The number of imidazole rings is 1. The summed E-state index contributed by atoms with van der Waals surface area (Å²) < 4.78 is 0. The van der Waals surface area contributed by atoms with Gasteiger partial charge in [-0.15, -0.1) is 11.8 Å². The molecule has 710 valence electrons. The minimum absolute atomic E-state index is 0.0588. The van der Waals surface area contributed by atoms with Crippen molar-refractivity contribution in [1.82, 2.24) is 97.6 Å². The summed E-state index contributed by atoms with van der Waals surface area (Å²) >= 11 is 0.811. The van der Waals surface area contributed by atoms with Crippen LogP contribution in [0.5, 0.6) is 5.75 Å². The van der Waals surface area contributed by atoms with Crippen LogP contribution in [0.4, 0.5) is 0 Å². The third-order valence-corrected chi connectivity index (χ3v) is 24.8. The number of rotatable bonds is 24. The maximum absolute atomic E-state index is 15.7. The lowest BCUT2D eigenvalue weighted by Gasteiger charge is -2.37. The van der Waals surface area contributed by atoms with E-state index >= 15 is 28.8 Å². The zero-order chi connectivity index (χ0) is 95.4. The van der Waals surface area contributed by atoms with E-state index in [4.69, 9.17) is 17.2 Å². The number of phenols is 1. The molecule has 0 spiro atoms. The second-order valence-corrected chi connectivity index (χ2v) is 34.5. The zero-order valence-electron chi connectivity index (χ0n) is 74.5. The van der Waals surface area contributed by atoms with Crippen LogP contribution in [0.2, 0.25) is 0 Å². The molecule has 6 aromatic rings. The number of nitrogens with two attached hydrogens (primary N) is 3. The fourth-order valence-electron chi connectivity index (χ4n) is 16.3. The number of aliphatic carboxylic acids is 1. The Morgan fingerprint density at radius 3 is 1.73 bits per heavy atom. The lowest BCUT2D eigenvalue weighted by atomic mass is 10.00. The number of aliphatic hydroxyl groups is 1. The minimum Gasteiger partial charge on any atom is -0.508 e. The Bertz CT molecular complexity index is 5050. The van der Waals surface area contributed by atoms with E-state index in [1.165, 1.54) is 62.6 Å². The Kier molecular flexibility index (Phi) is 37.7. The van der Waals surface area contributed by atoms with Gasteiger partial charge in [0, 0.05) is 130 Å². The number of phenolic OH excluding ortho intramolecular Hbond substituents is 1. The van der Waals surface area contributed by atoms with E-state index in [1.54, 1.807) is 55.7 Å². The molecule has 0 aliphatic carbocycles. The number of carbonyl (C=O) groups is 17. The van der Waals surface area contributed by atoms with E-state index in [0.717, 1.165) is 37.4 Å². The van der Waals surface area contributed by atoms with Crippen molar-refractivity contribution in [2.24, 2.45) is 17.2 Å². The molecular formula is C88H122N22O20S. The van der Waals surface area contributed by atoms with E-state index in [9.17, 15) is 68.1 Å². The van der Waals surface area contributed by atoms with Gasteiger partial charge in [0.2, 0.25) is 94.5 Å².